The molecule has 0 bridgehead atoms. The summed E-state index contributed by atoms with van der Waals surface area (Å²) in [6.45, 7) is 2.86. The minimum absolute atomic E-state index is 0.144. The second-order valence-corrected chi connectivity index (χ2v) is 13.7. The summed E-state index contributed by atoms with van der Waals surface area (Å²) in [6, 6.07) is 10.2. The van der Waals surface area contributed by atoms with Crippen LogP contribution >= 0.6 is 0 Å². The minimum Gasteiger partial charge on any atom is -0.378 e. The van der Waals surface area contributed by atoms with Gasteiger partial charge >= 0.3 is 0 Å². The average molecular weight is 511 g/mol. The Morgan fingerprint density at radius 1 is 1.03 bits per heavy atom. The first kappa shape index (κ1) is 24.6. The number of pyridine rings is 1. The Bertz CT molecular complexity index is 1290. The number of aromatic nitrogens is 1. The predicted octanol–water partition coefficient (Wildman–Crippen LogP) is 6.63. The SMILES string of the molecule is C[C@]12CCC3C(CC[C@@H]4C[C@@](O)(C#CC5CC5)CC[C@H]34)C1CC[C@@H]2C(=O)CNc1ccc2ncccc2c1. The van der Waals surface area contributed by atoms with Gasteiger partial charge in [0.1, 0.15) is 5.60 Å². The summed E-state index contributed by atoms with van der Waals surface area (Å²) in [5.74, 6) is 11.4. The lowest BCUT2D eigenvalue weighted by molar-refractivity contribution is -0.129. The molecule has 0 aliphatic heterocycles. The Labute approximate surface area is 227 Å². The maximum Gasteiger partial charge on any atom is 0.155 e. The second-order valence-electron chi connectivity index (χ2n) is 13.7. The van der Waals surface area contributed by atoms with Crippen molar-refractivity contribution in [2.24, 2.45) is 46.8 Å². The number of Topliss-reactive ketones (excluding diaryl/α,β-unsaturated/α-hetero) is 1. The molecule has 4 nitrogen and oxygen atoms in total. The van der Waals surface area contributed by atoms with Gasteiger partial charge in [-0.3, -0.25) is 9.78 Å². The van der Waals surface area contributed by atoms with Crippen molar-refractivity contribution in [3.63, 3.8) is 0 Å². The molecule has 200 valence electrons. The maximum absolute atomic E-state index is 13.6. The zero-order valence-electron chi connectivity index (χ0n) is 22.8. The smallest absolute Gasteiger partial charge is 0.155 e. The van der Waals surface area contributed by atoms with Gasteiger partial charge in [-0.25, -0.2) is 0 Å². The van der Waals surface area contributed by atoms with Gasteiger partial charge < -0.3 is 10.4 Å². The topological polar surface area (TPSA) is 62.2 Å². The third kappa shape index (κ3) is 4.36. The van der Waals surface area contributed by atoms with E-state index >= 15 is 0 Å². The largest absolute Gasteiger partial charge is 0.378 e. The summed E-state index contributed by atoms with van der Waals surface area (Å²) < 4.78 is 0. The molecule has 0 radical (unpaired) electrons. The van der Waals surface area contributed by atoms with Gasteiger partial charge in [0.25, 0.3) is 0 Å². The minimum atomic E-state index is -0.737. The molecule has 0 spiro atoms. The first-order chi connectivity index (χ1) is 18.4. The molecule has 38 heavy (non-hydrogen) atoms. The summed E-state index contributed by atoms with van der Waals surface area (Å²) >= 11 is 0. The molecule has 0 saturated heterocycles. The van der Waals surface area contributed by atoms with E-state index in [1.807, 2.05) is 24.4 Å². The zero-order valence-corrected chi connectivity index (χ0v) is 22.8. The first-order valence-electron chi connectivity index (χ1n) is 15.3. The molecule has 3 unspecified atom stereocenters. The lowest BCUT2D eigenvalue weighted by Crippen LogP contribution is -2.51. The Morgan fingerprint density at radius 2 is 1.89 bits per heavy atom. The van der Waals surface area contributed by atoms with E-state index in [4.69, 9.17) is 0 Å². The van der Waals surface area contributed by atoms with Gasteiger partial charge in [-0.05, 0) is 130 Å². The Kier molecular flexibility index (Phi) is 6.08. The van der Waals surface area contributed by atoms with Crippen molar-refractivity contribution in [2.75, 3.05) is 11.9 Å². The Hall–Kier alpha value is -2.38. The standard InChI is InChI=1S/C34H42N2O2/c1-33-15-13-27-26-14-17-34(38,16-12-22-4-5-22)20-24(26)6-8-28(27)29(33)9-10-30(33)32(37)21-36-25-7-11-31-23(19-25)3-2-18-35-31/h2-3,7,11,18-19,22,24,26-30,36,38H,4-6,8-10,13-15,17,20-21H2,1H3/t24-,26+,27?,28?,29?,30-,33+,34-/m1/s1. The van der Waals surface area contributed by atoms with Crippen molar-refractivity contribution in [1.29, 1.82) is 0 Å². The summed E-state index contributed by atoms with van der Waals surface area (Å²) in [4.78, 5) is 18.0. The van der Waals surface area contributed by atoms with E-state index in [0.29, 0.717) is 30.1 Å². The molecule has 0 amide bonds. The van der Waals surface area contributed by atoms with Crippen LogP contribution in [0.1, 0.15) is 77.6 Å². The fraction of sp³-hybridized carbons (Fsp3) is 0.647. The molecule has 1 heterocycles. The molecular formula is C34H42N2O2. The average Bonchev–Trinajstić information content (AvgIpc) is 3.70. The molecule has 5 aliphatic rings. The quantitative estimate of drug-likeness (QED) is 0.453. The highest BCUT2D eigenvalue weighted by Crippen LogP contribution is 2.64. The number of rotatable bonds is 4. The number of fused-ring (bicyclic) bond motifs is 6. The summed E-state index contributed by atoms with van der Waals surface area (Å²) in [5, 5.41) is 15.8. The molecule has 5 aliphatic carbocycles. The molecule has 2 N–H and O–H groups in total. The van der Waals surface area contributed by atoms with Gasteiger partial charge in [0, 0.05) is 29.1 Å². The third-order valence-corrected chi connectivity index (χ3v) is 11.6. The van der Waals surface area contributed by atoms with E-state index in [-0.39, 0.29) is 11.3 Å². The Balaban J connectivity index is 1.00. The molecule has 1 aromatic carbocycles. The van der Waals surface area contributed by atoms with Crippen LogP contribution in [0.15, 0.2) is 36.5 Å². The predicted molar refractivity (Wildman–Crippen MR) is 151 cm³/mol. The number of nitrogens with one attached hydrogen (secondary N) is 1. The summed E-state index contributed by atoms with van der Waals surface area (Å²) in [6.07, 6.45) is 14.4. The summed E-state index contributed by atoms with van der Waals surface area (Å²) in [5.41, 5.74) is 1.39. The fourth-order valence-corrected chi connectivity index (χ4v) is 9.48. The maximum atomic E-state index is 13.6. The number of nitrogens with zero attached hydrogens (tertiary/aromatic N) is 1. The van der Waals surface area contributed by atoms with Crippen LogP contribution in [0.3, 0.4) is 0 Å². The van der Waals surface area contributed by atoms with Crippen LogP contribution in [-0.2, 0) is 4.79 Å². The van der Waals surface area contributed by atoms with Gasteiger partial charge in [-0.1, -0.05) is 24.8 Å². The highest BCUT2D eigenvalue weighted by Gasteiger charge is 2.58. The van der Waals surface area contributed by atoms with Crippen LogP contribution in [0, 0.1) is 58.7 Å². The molecule has 8 atom stereocenters. The van der Waals surface area contributed by atoms with Gasteiger partial charge in [0.2, 0.25) is 0 Å². The summed E-state index contributed by atoms with van der Waals surface area (Å²) in [7, 11) is 0. The molecular weight excluding hydrogens is 468 g/mol. The van der Waals surface area contributed by atoms with Crippen molar-refractivity contribution in [3.05, 3.63) is 36.5 Å². The molecule has 5 fully saturated rings. The molecule has 1 aromatic heterocycles. The first-order valence-corrected chi connectivity index (χ1v) is 15.3. The number of carbonyl (C=O) groups is 1. The monoisotopic (exact) mass is 510 g/mol. The number of aliphatic hydroxyl groups is 1. The third-order valence-electron chi connectivity index (χ3n) is 11.6. The molecule has 2 aromatic rings. The number of ketones is 1. The van der Waals surface area contributed by atoms with Gasteiger partial charge in [-0.2, -0.15) is 0 Å². The Morgan fingerprint density at radius 3 is 2.76 bits per heavy atom. The van der Waals surface area contributed by atoms with Crippen LogP contribution < -0.4 is 5.32 Å². The van der Waals surface area contributed by atoms with E-state index in [1.165, 1.54) is 44.9 Å². The van der Waals surface area contributed by atoms with Crippen LogP contribution in [0.2, 0.25) is 0 Å². The van der Waals surface area contributed by atoms with Crippen LogP contribution in [0.25, 0.3) is 10.9 Å². The lowest BCUT2D eigenvalue weighted by atomic mass is 9.49. The zero-order chi connectivity index (χ0) is 25.9. The number of hydrogen-bond donors (Lipinski definition) is 2. The van der Waals surface area contributed by atoms with Crippen molar-refractivity contribution >= 4 is 22.4 Å². The van der Waals surface area contributed by atoms with Gasteiger partial charge in [0.15, 0.2) is 5.78 Å². The number of carbonyl (C=O) groups excluding carboxylic acids is 1. The molecule has 5 saturated carbocycles. The van der Waals surface area contributed by atoms with E-state index in [0.717, 1.165) is 60.0 Å². The van der Waals surface area contributed by atoms with Crippen LogP contribution in [0.4, 0.5) is 5.69 Å². The van der Waals surface area contributed by atoms with Crippen molar-refractivity contribution in [1.82, 2.24) is 4.98 Å². The number of hydrogen-bond acceptors (Lipinski definition) is 4. The highest BCUT2D eigenvalue weighted by atomic mass is 16.3. The number of benzene rings is 1. The molecule has 4 heteroatoms. The number of anilines is 1. The highest BCUT2D eigenvalue weighted by molar-refractivity contribution is 5.87. The van der Waals surface area contributed by atoms with E-state index in [2.05, 4.69) is 41.2 Å². The lowest BCUT2D eigenvalue weighted by Gasteiger charge is -2.56. The fourth-order valence-electron chi connectivity index (χ4n) is 9.48. The van der Waals surface area contributed by atoms with Crippen LogP contribution in [0.5, 0.6) is 0 Å². The van der Waals surface area contributed by atoms with Gasteiger partial charge in [-0.15, -0.1) is 0 Å². The van der Waals surface area contributed by atoms with Gasteiger partial charge in [0.05, 0.1) is 12.1 Å². The van der Waals surface area contributed by atoms with Crippen LogP contribution in [-0.4, -0.2) is 28.0 Å². The van der Waals surface area contributed by atoms with E-state index in [1.54, 1.807) is 0 Å². The second kappa shape index (κ2) is 9.37. The molecule has 7 rings (SSSR count). The van der Waals surface area contributed by atoms with E-state index < -0.39 is 5.60 Å². The van der Waals surface area contributed by atoms with E-state index in [9.17, 15) is 9.90 Å². The normalized spacial score (nSPS) is 39.8. The van der Waals surface area contributed by atoms with Crippen molar-refractivity contribution in [3.8, 4) is 11.8 Å². The van der Waals surface area contributed by atoms with Crippen molar-refractivity contribution < 1.29 is 9.90 Å². The van der Waals surface area contributed by atoms with Crippen molar-refractivity contribution in [2.45, 2.75) is 83.2 Å².